The molecule has 0 aliphatic carbocycles. The Morgan fingerprint density at radius 3 is 2.39 bits per heavy atom. The van der Waals surface area contributed by atoms with Gasteiger partial charge in [0.2, 0.25) is 0 Å². The van der Waals surface area contributed by atoms with Gasteiger partial charge in [-0.15, -0.1) is 0 Å². The van der Waals surface area contributed by atoms with Crippen molar-refractivity contribution in [1.29, 1.82) is 0 Å². The molecule has 2 aromatic carbocycles. The summed E-state index contributed by atoms with van der Waals surface area (Å²) in [6.07, 6.45) is 0. The van der Waals surface area contributed by atoms with E-state index in [1.54, 1.807) is 0 Å². The lowest BCUT2D eigenvalue weighted by Crippen LogP contribution is -2.33. The molecule has 1 unspecified atom stereocenters. The lowest BCUT2D eigenvalue weighted by atomic mass is 10.0. The third kappa shape index (κ3) is 2.82. The molecular weight excluding hydrogens is 220 g/mol. The second kappa shape index (κ2) is 5.40. The molecule has 0 radical (unpaired) electrons. The van der Waals surface area contributed by atoms with E-state index in [-0.39, 0.29) is 0 Å². The predicted molar refractivity (Wildman–Crippen MR) is 80.0 cm³/mol. The second-order valence-electron chi connectivity index (χ2n) is 5.30. The summed E-state index contributed by atoms with van der Waals surface area (Å²) in [6.45, 7) is 7.16. The van der Waals surface area contributed by atoms with Crippen LogP contribution in [0.25, 0.3) is 10.8 Å². The van der Waals surface area contributed by atoms with E-state index < -0.39 is 0 Å². The molecule has 18 heavy (non-hydrogen) atoms. The zero-order chi connectivity index (χ0) is 13.1. The van der Waals surface area contributed by atoms with Crippen LogP contribution in [-0.2, 0) is 0 Å². The van der Waals surface area contributed by atoms with Gasteiger partial charge in [0.25, 0.3) is 0 Å². The fourth-order valence-corrected chi connectivity index (χ4v) is 2.17. The molecule has 2 rings (SSSR count). The Kier molecular flexibility index (Phi) is 3.87. The van der Waals surface area contributed by atoms with Crippen molar-refractivity contribution < 1.29 is 0 Å². The quantitative estimate of drug-likeness (QED) is 0.860. The molecule has 0 saturated heterocycles. The maximum Gasteiger partial charge on any atom is 0.0406 e. The molecule has 1 atom stereocenters. The smallest absolute Gasteiger partial charge is 0.0406 e. The number of hydrogen-bond donors (Lipinski definition) is 2. The van der Waals surface area contributed by atoms with Crippen LogP contribution in [-0.4, -0.2) is 12.6 Å². The molecule has 0 fully saturated rings. The normalized spacial score (nSPS) is 12.9. The molecule has 0 bridgehead atoms. The summed E-state index contributed by atoms with van der Waals surface area (Å²) in [6, 6.07) is 13.3. The first kappa shape index (κ1) is 12.9. The minimum atomic E-state index is 0.327. The average molecular weight is 242 g/mol. The molecule has 0 heterocycles. The van der Waals surface area contributed by atoms with E-state index in [1.807, 2.05) is 0 Å². The Bertz CT molecular complexity index is 532. The molecular formula is C16H22N2. The van der Waals surface area contributed by atoms with Crippen molar-refractivity contribution in [3.8, 4) is 0 Å². The van der Waals surface area contributed by atoms with Crippen LogP contribution in [0.15, 0.2) is 36.4 Å². The van der Waals surface area contributed by atoms with Crippen molar-refractivity contribution in [3.05, 3.63) is 42.0 Å². The summed E-state index contributed by atoms with van der Waals surface area (Å²) in [7, 11) is 0. The largest absolute Gasteiger partial charge is 0.381 e. The number of benzene rings is 2. The van der Waals surface area contributed by atoms with E-state index in [9.17, 15) is 0 Å². The van der Waals surface area contributed by atoms with E-state index >= 15 is 0 Å². The number of nitrogens with one attached hydrogen (secondary N) is 1. The van der Waals surface area contributed by atoms with Crippen LogP contribution >= 0.6 is 0 Å². The number of nitrogens with two attached hydrogens (primary N) is 1. The van der Waals surface area contributed by atoms with Gasteiger partial charge in [-0.05, 0) is 35.7 Å². The van der Waals surface area contributed by atoms with Gasteiger partial charge in [0.15, 0.2) is 0 Å². The van der Waals surface area contributed by atoms with Gasteiger partial charge in [-0.3, -0.25) is 0 Å². The van der Waals surface area contributed by atoms with Crippen LogP contribution in [0.5, 0.6) is 0 Å². The number of aryl methyl sites for hydroxylation is 1. The van der Waals surface area contributed by atoms with Crippen LogP contribution in [0.1, 0.15) is 19.4 Å². The first-order chi connectivity index (χ1) is 8.60. The minimum Gasteiger partial charge on any atom is -0.381 e. The molecule has 2 aromatic rings. The van der Waals surface area contributed by atoms with E-state index in [4.69, 9.17) is 5.73 Å². The van der Waals surface area contributed by atoms with Crippen LogP contribution in [0.2, 0.25) is 0 Å². The molecule has 2 heteroatoms. The first-order valence-electron chi connectivity index (χ1n) is 6.57. The molecule has 0 aromatic heterocycles. The van der Waals surface area contributed by atoms with Gasteiger partial charge in [0, 0.05) is 18.3 Å². The van der Waals surface area contributed by atoms with E-state index in [0.29, 0.717) is 18.5 Å². The summed E-state index contributed by atoms with van der Waals surface area (Å²) in [5.41, 5.74) is 8.24. The molecule has 3 N–H and O–H groups in total. The highest BCUT2D eigenvalue weighted by molar-refractivity contribution is 5.86. The van der Waals surface area contributed by atoms with Crippen molar-refractivity contribution >= 4 is 16.5 Å². The monoisotopic (exact) mass is 242 g/mol. The van der Waals surface area contributed by atoms with Gasteiger partial charge < -0.3 is 11.1 Å². The summed E-state index contributed by atoms with van der Waals surface area (Å²) < 4.78 is 0. The van der Waals surface area contributed by atoms with E-state index in [2.05, 4.69) is 62.5 Å². The highest BCUT2D eigenvalue weighted by atomic mass is 14.9. The number of rotatable bonds is 4. The van der Waals surface area contributed by atoms with Crippen molar-refractivity contribution in [3.63, 3.8) is 0 Å². The lowest BCUT2D eigenvalue weighted by Gasteiger charge is -2.22. The Morgan fingerprint density at radius 1 is 1.06 bits per heavy atom. The van der Waals surface area contributed by atoms with Gasteiger partial charge in [-0.1, -0.05) is 43.7 Å². The van der Waals surface area contributed by atoms with Crippen molar-refractivity contribution in [1.82, 2.24) is 0 Å². The fraction of sp³-hybridized carbons (Fsp3) is 0.375. The average Bonchev–Trinajstić information content (AvgIpc) is 2.35. The van der Waals surface area contributed by atoms with E-state index in [0.717, 1.165) is 5.69 Å². The zero-order valence-corrected chi connectivity index (χ0v) is 11.4. The zero-order valence-electron chi connectivity index (χ0n) is 11.4. The molecule has 0 spiro atoms. The van der Waals surface area contributed by atoms with Gasteiger partial charge in [0.05, 0.1) is 0 Å². The highest BCUT2D eigenvalue weighted by Crippen LogP contribution is 2.21. The van der Waals surface area contributed by atoms with Gasteiger partial charge in [-0.25, -0.2) is 0 Å². The maximum absolute atomic E-state index is 5.79. The molecule has 96 valence electrons. The Morgan fingerprint density at radius 2 is 1.72 bits per heavy atom. The lowest BCUT2D eigenvalue weighted by molar-refractivity contribution is 0.531. The Balaban J connectivity index is 2.27. The van der Waals surface area contributed by atoms with Crippen LogP contribution in [0.3, 0.4) is 0 Å². The topological polar surface area (TPSA) is 38.0 Å². The van der Waals surface area contributed by atoms with Crippen LogP contribution in [0, 0.1) is 12.8 Å². The van der Waals surface area contributed by atoms with Crippen LogP contribution in [0.4, 0.5) is 5.69 Å². The number of anilines is 1. The summed E-state index contributed by atoms with van der Waals surface area (Å²) in [5.74, 6) is 0.531. The Labute approximate surface area is 109 Å². The fourth-order valence-electron chi connectivity index (χ4n) is 2.17. The first-order valence-corrected chi connectivity index (χ1v) is 6.57. The number of fused-ring (bicyclic) bond motifs is 1. The van der Waals surface area contributed by atoms with Crippen molar-refractivity contribution in [2.24, 2.45) is 11.7 Å². The second-order valence-corrected chi connectivity index (χ2v) is 5.30. The van der Waals surface area contributed by atoms with Crippen LogP contribution < -0.4 is 11.1 Å². The molecule has 2 nitrogen and oxygen atoms in total. The van der Waals surface area contributed by atoms with Crippen molar-refractivity contribution in [2.75, 3.05) is 11.9 Å². The standard InChI is InChI=1S/C16H22N2/c1-11(2)16(10-17)18-15-7-6-13-8-12(3)4-5-14(13)9-15/h4-9,11,16,18H,10,17H2,1-3H3. The Hall–Kier alpha value is -1.54. The summed E-state index contributed by atoms with van der Waals surface area (Å²) in [4.78, 5) is 0. The third-order valence-corrected chi connectivity index (χ3v) is 3.41. The molecule has 0 saturated carbocycles. The molecule has 0 aliphatic rings. The van der Waals surface area contributed by atoms with Gasteiger partial charge in [0.1, 0.15) is 0 Å². The number of hydrogen-bond acceptors (Lipinski definition) is 2. The maximum atomic E-state index is 5.79. The SMILES string of the molecule is Cc1ccc2cc(NC(CN)C(C)C)ccc2c1. The summed E-state index contributed by atoms with van der Waals surface area (Å²) >= 11 is 0. The predicted octanol–water partition coefficient (Wildman–Crippen LogP) is 3.54. The minimum absolute atomic E-state index is 0.327. The van der Waals surface area contributed by atoms with Gasteiger partial charge >= 0.3 is 0 Å². The highest BCUT2D eigenvalue weighted by Gasteiger charge is 2.10. The van der Waals surface area contributed by atoms with Gasteiger partial charge in [-0.2, -0.15) is 0 Å². The van der Waals surface area contributed by atoms with Crippen molar-refractivity contribution in [2.45, 2.75) is 26.8 Å². The molecule has 0 aliphatic heterocycles. The summed E-state index contributed by atoms with van der Waals surface area (Å²) in [5, 5.41) is 6.06. The third-order valence-electron chi connectivity index (χ3n) is 3.41. The molecule has 0 amide bonds. The van der Waals surface area contributed by atoms with E-state index in [1.165, 1.54) is 16.3 Å².